The van der Waals surface area contributed by atoms with E-state index in [1.165, 1.54) is 11.1 Å². The van der Waals surface area contributed by atoms with Crippen LogP contribution in [0.1, 0.15) is 29.7 Å². The molecular formula is C18H18INO2. The Balaban J connectivity index is 2.10. The van der Waals surface area contributed by atoms with E-state index in [-0.39, 0.29) is 12.1 Å². The van der Waals surface area contributed by atoms with Crippen LogP contribution in [0.5, 0.6) is 0 Å². The first-order valence-corrected chi connectivity index (χ1v) is 8.56. The van der Waals surface area contributed by atoms with Gasteiger partial charge in [0.1, 0.15) is 0 Å². The Bertz CT molecular complexity index is 686. The van der Waals surface area contributed by atoms with Crippen molar-refractivity contribution in [1.82, 2.24) is 4.90 Å². The Hall–Kier alpha value is -1.56. The molecule has 0 spiro atoms. The monoisotopic (exact) mass is 407 g/mol. The molecule has 0 radical (unpaired) electrons. The molecule has 0 saturated heterocycles. The predicted octanol–water partition coefficient (Wildman–Crippen LogP) is 4.40. The lowest BCUT2D eigenvalue weighted by atomic mass is 9.88. The summed E-state index contributed by atoms with van der Waals surface area (Å²) in [5, 5.41) is 0. The number of carbonyl (C=O) groups excluding carboxylic acids is 1. The molecule has 0 aromatic heterocycles. The van der Waals surface area contributed by atoms with Crippen molar-refractivity contribution in [3.63, 3.8) is 0 Å². The van der Waals surface area contributed by atoms with Crippen molar-refractivity contribution in [3.05, 3.63) is 68.8 Å². The highest BCUT2D eigenvalue weighted by atomic mass is 127. The Morgan fingerprint density at radius 3 is 2.59 bits per heavy atom. The first kappa shape index (κ1) is 15.3. The molecule has 3 nitrogen and oxygen atoms in total. The van der Waals surface area contributed by atoms with Crippen LogP contribution in [0.4, 0.5) is 4.79 Å². The van der Waals surface area contributed by atoms with Gasteiger partial charge in [-0.3, -0.25) is 4.90 Å². The van der Waals surface area contributed by atoms with E-state index in [1.54, 1.807) is 0 Å². The van der Waals surface area contributed by atoms with Crippen LogP contribution >= 0.6 is 22.6 Å². The van der Waals surface area contributed by atoms with Gasteiger partial charge in [-0.2, -0.15) is 0 Å². The van der Waals surface area contributed by atoms with Crippen molar-refractivity contribution in [2.45, 2.75) is 19.4 Å². The van der Waals surface area contributed by atoms with Crippen molar-refractivity contribution in [2.75, 3.05) is 13.2 Å². The highest BCUT2D eigenvalue weighted by Gasteiger charge is 2.33. The normalized spacial score (nSPS) is 17.0. The Labute approximate surface area is 144 Å². The van der Waals surface area contributed by atoms with Crippen molar-refractivity contribution in [3.8, 4) is 0 Å². The molecule has 1 aliphatic rings. The van der Waals surface area contributed by atoms with E-state index in [0.717, 1.165) is 15.6 Å². The number of amides is 1. The lowest BCUT2D eigenvalue weighted by molar-refractivity contribution is 0.0936. The number of rotatable bonds is 2. The first-order chi connectivity index (χ1) is 10.7. The molecule has 1 amide bonds. The molecule has 3 rings (SSSR count). The number of carbonyl (C=O) groups is 1. The summed E-state index contributed by atoms with van der Waals surface area (Å²) in [6.07, 6.45) is 0.635. The van der Waals surface area contributed by atoms with E-state index in [4.69, 9.17) is 4.74 Å². The molecule has 0 aliphatic carbocycles. The molecule has 2 aromatic rings. The van der Waals surface area contributed by atoms with Crippen LogP contribution in [-0.4, -0.2) is 24.1 Å². The van der Waals surface area contributed by atoms with Crippen LogP contribution in [0.3, 0.4) is 0 Å². The fraction of sp³-hybridized carbons (Fsp3) is 0.278. The average molecular weight is 407 g/mol. The molecule has 4 heteroatoms. The Morgan fingerprint density at radius 1 is 1.18 bits per heavy atom. The molecule has 0 fully saturated rings. The second-order valence-electron chi connectivity index (χ2n) is 5.27. The van der Waals surface area contributed by atoms with Gasteiger partial charge in [-0.05, 0) is 58.7 Å². The third kappa shape index (κ3) is 2.84. The van der Waals surface area contributed by atoms with Crippen LogP contribution in [-0.2, 0) is 11.2 Å². The standard InChI is InChI=1S/C18H18INO2/c1-2-22-18(21)20-12-11-13-7-3-4-8-14(13)17(20)15-9-5-6-10-16(15)19/h3-10,17H,2,11-12H2,1H3. The quantitative estimate of drug-likeness (QED) is 0.691. The lowest BCUT2D eigenvalue weighted by Gasteiger charge is -2.37. The lowest BCUT2D eigenvalue weighted by Crippen LogP contribution is -2.41. The van der Waals surface area contributed by atoms with Crippen LogP contribution in [0.15, 0.2) is 48.5 Å². The highest BCUT2D eigenvalue weighted by Crippen LogP contribution is 2.37. The zero-order chi connectivity index (χ0) is 15.5. The minimum absolute atomic E-state index is 0.0721. The molecule has 1 unspecified atom stereocenters. The summed E-state index contributed by atoms with van der Waals surface area (Å²) in [5.41, 5.74) is 3.67. The van der Waals surface area contributed by atoms with Gasteiger partial charge in [-0.15, -0.1) is 0 Å². The maximum absolute atomic E-state index is 12.4. The molecule has 2 aromatic carbocycles. The van der Waals surface area contributed by atoms with Gasteiger partial charge in [0.05, 0.1) is 12.6 Å². The molecule has 22 heavy (non-hydrogen) atoms. The van der Waals surface area contributed by atoms with E-state index in [0.29, 0.717) is 13.2 Å². The predicted molar refractivity (Wildman–Crippen MR) is 94.9 cm³/mol. The molecule has 114 valence electrons. The van der Waals surface area contributed by atoms with Gasteiger partial charge in [-0.25, -0.2) is 4.79 Å². The highest BCUT2D eigenvalue weighted by molar-refractivity contribution is 14.1. The summed E-state index contributed by atoms with van der Waals surface area (Å²) >= 11 is 2.34. The molecule has 0 N–H and O–H groups in total. The zero-order valence-electron chi connectivity index (χ0n) is 12.5. The van der Waals surface area contributed by atoms with Crippen molar-refractivity contribution >= 4 is 28.7 Å². The van der Waals surface area contributed by atoms with Gasteiger partial charge < -0.3 is 4.74 Å². The summed E-state index contributed by atoms with van der Waals surface area (Å²) in [6, 6.07) is 16.5. The maximum Gasteiger partial charge on any atom is 0.410 e. The molecule has 0 bridgehead atoms. The minimum atomic E-state index is -0.235. The van der Waals surface area contributed by atoms with Gasteiger partial charge in [0.25, 0.3) is 0 Å². The zero-order valence-corrected chi connectivity index (χ0v) is 14.6. The summed E-state index contributed by atoms with van der Waals surface area (Å²) in [5.74, 6) is 0. The van der Waals surface area contributed by atoms with E-state index >= 15 is 0 Å². The largest absolute Gasteiger partial charge is 0.450 e. The molecule has 1 heterocycles. The molecule has 1 aliphatic heterocycles. The number of hydrogen-bond acceptors (Lipinski definition) is 2. The van der Waals surface area contributed by atoms with Gasteiger partial charge in [-0.1, -0.05) is 42.5 Å². The second kappa shape index (κ2) is 6.69. The number of benzene rings is 2. The Morgan fingerprint density at radius 2 is 1.86 bits per heavy atom. The van der Waals surface area contributed by atoms with Crippen LogP contribution in [0.25, 0.3) is 0 Å². The van der Waals surface area contributed by atoms with E-state index in [9.17, 15) is 4.79 Å². The Kier molecular flexibility index (Phi) is 4.66. The smallest absolute Gasteiger partial charge is 0.410 e. The fourth-order valence-corrected chi connectivity index (χ4v) is 3.68. The van der Waals surface area contributed by atoms with Crippen molar-refractivity contribution < 1.29 is 9.53 Å². The fourth-order valence-electron chi connectivity index (χ4n) is 3.00. The van der Waals surface area contributed by atoms with Gasteiger partial charge in [0, 0.05) is 10.1 Å². The summed E-state index contributed by atoms with van der Waals surface area (Å²) < 4.78 is 6.44. The van der Waals surface area contributed by atoms with Crippen molar-refractivity contribution in [2.24, 2.45) is 0 Å². The number of ether oxygens (including phenoxy) is 1. The topological polar surface area (TPSA) is 29.5 Å². The van der Waals surface area contributed by atoms with Crippen LogP contribution < -0.4 is 0 Å². The number of nitrogens with zero attached hydrogens (tertiary/aromatic N) is 1. The van der Waals surface area contributed by atoms with E-state index in [2.05, 4.69) is 52.9 Å². The average Bonchev–Trinajstić information content (AvgIpc) is 2.54. The minimum Gasteiger partial charge on any atom is -0.450 e. The number of hydrogen-bond donors (Lipinski definition) is 0. The number of halogens is 1. The third-order valence-corrected chi connectivity index (χ3v) is 4.97. The molecule has 1 atom stereocenters. The number of fused-ring (bicyclic) bond motifs is 1. The van der Waals surface area contributed by atoms with E-state index in [1.807, 2.05) is 30.0 Å². The summed E-state index contributed by atoms with van der Waals surface area (Å²) in [7, 11) is 0. The maximum atomic E-state index is 12.4. The summed E-state index contributed by atoms with van der Waals surface area (Å²) in [6.45, 7) is 2.93. The van der Waals surface area contributed by atoms with Crippen LogP contribution in [0.2, 0.25) is 0 Å². The molecule has 0 saturated carbocycles. The second-order valence-corrected chi connectivity index (χ2v) is 6.43. The van der Waals surface area contributed by atoms with Gasteiger partial charge in [0.2, 0.25) is 0 Å². The van der Waals surface area contributed by atoms with Gasteiger partial charge in [0.15, 0.2) is 0 Å². The third-order valence-electron chi connectivity index (χ3n) is 3.99. The van der Waals surface area contributed by atoms with Gasteiger partial charge >= 0.3 is 6.09 Å². The SMILES string of the molecule is CCOC(=O)N1CCc2ccccc2C1c1ccccc1I. The summed E-state index contributed by atoms with van der Waals surface area (Å²) in [4.78, 5) is 14.3. The van der Waals surface area contributed by atoms with E-state index < -0.39 is 0 Å². The van der Waals surface area contributed by atoms with Crippen LogP contribution in [0, 0.1) is 3.57 Å². The van der Waals surface area contributed by atoms with Crippen molar-refractivity contribution in [1.29, 1.82) is 0 Å². The first-order valence-electron chi connectivity index (χ1n) is 7.48. The molecular weight excluding hydrogens is 389 g/mol.